The Labute approximate surface area is 108 Å². The molecule has 1 unspecified atom stereocenters. The number of hydrogen-bond acceptors (Lipinski definition) is 5. The first-order valence-corrected chi connectivity index (χ1v) is 6.21. The van der Waals surface area contributed by atoms with Crippen LogP contribution in [0.2, 0.25) is 0 Å². The van der Waals surface area contributed by atoms with E-state index in [0.717, 1.165) is 6.54 Å². The first-order valence-electron chi connectivity index (χ1n) is 6.21. The molecule has 1 atom stereocenters. The van der Waals surface area contributed by atoms with Crippen LogP contribution in [-0.2, 0) is 19.1 Å². The van der Waals surface area contributed by atoms with Crippen LogP contribution in [0.15, 0.2) is 0 Å². The average molecular weight is 258 g/mol. The average Bonchev–Trinajstić information content (AvgIpc) is 2.37. The van der Waals surface area contributed by atoms with Gasteiger partial charge in [0.15, 0.2) is 0 Å². The Balaban J connectivity index is 2.39. The van der Waals surface area contributed by atoms with Gasteiger partial charge in [0.25, 0.3) is 0 Å². The van der Waals surface area contributed by atoms with Crippen molar-refractivity contribution in [1.82, 2.24) is 9.80 Å². The molecule has 0 aromatic rings. The summed E-state index contributed by atoms with van der Waals surface area (Å²) in [7, 11) is 3.15. The van der Waals surface area contributed by atoms with Gasteiger partial charge in [-0.05, 0) is 6.92 Å². The minimum atomic E-state index is -0.279. The summed E-state index contributed by atoms with van der Waals surface area (Å²) in [5.41, 5.74) is 0. The molecule has 6 nitrogen and oxygen atoms in total. The summed E-state index contributed by atoms with van der Waals surface area (Å²) in [5.74, 6) is -0.185. The fourth-order valence-electron chi connectivity index (χ4n) is 1.81. The molecule has 0 aromatic heterocycles. The summed E-state index contributed by atoms with van der Waals surface area (Å²) < 4.78 is 10.1. The lowest BCUT2D eigenvalue weighted by atomic mass is 10.2. The van der Waals surface area contributed by atoms with Crippen LogP contribution in [-0.4, -0.2) is 74.7 Å². The van der Waals surface area contributed by atoms with Crippen molar-refractivity contribution in [2.45, 2.75) is 19.4 Å². The number of ether oxygens (including phenoxy) is 2. The van der Waals surface area contributed by atoms with Gasteiger partial charge in [-0.2, -0.15) is 0 Å². The lowest BCUT2D eigenvalue weighted by Gasteiger charge is -2.32. The highest BCUT2D eigenvalue weighted by Gasteiger charge is 2.25. The van der Waals surface area contributed by atoms with E-state index in [4.69, 9.17) is 4.74 Å². The highest BCUT2D eigenvalue weighted by atomic mass is 16.5. The number of rotatable bonds is 5. The first-order chi connectivity index (χ1) is 8.56. The lowest BCUT2D eigenvalue weighted by molar-refractivity contribution is -0.146. The Bertz CT molecular complexity index is 296. The summed E-state index contributed by atoms with van der Waals surface area (Å²) in [5, 5.41) is 0. The quantitative estimate of drug-likeness (QED) is 0.635. The van der Waals surface area contributed by atoms with Gasteiger partial charge in [0.05, 0.1) is 32.8 Å². The lowest BCUT2D eigenvalue weighted by Crippen LogP contribution is -2.47. The predicted octanol–water partition coefficient (Wildman–Crippen LogP) is -0.271. The molecular formula is C12H22N2O4. The second kappa shape index (κ2) is 7.33. The van der Waals surface area contributed by atoms with Crippen LogP contribution >= 0.6 is 0 Å². The van der Waals surface area contributed by atoms with E-state index in [1.165, 1.54) is 7.11 Å². The van der Waals surface area contributed by atoms with Crippen molar-refractivity contribution >= 4 is 11.9 Å². The highest BCUT2D eigenvalue weighted by Crippen LogP contribution is 2.09. The molecule has 0 bridgehead atoms. The molecular weight excluding hydrogens is 236 g/mol. The zero-order valence-corrected chi connectivity index (χ0v) is 11.3. The topological polar surface area (TPSA) is 59.1 Å². The van der Waals surface area contributed by atoms with Gasteiger partial charge < -0.3 is 14.4 Å². The van der Waals surface area contributed by atoms with Gasteiger partial charge in [-0.3, -0.25) is 14.5 Å². The van der Waals surface area contributed by atoms with Gasteiger partial charge in [0.2, 0.25) is 5.91 Å². The smallest absolute Gasteiger partial charge is 0.308 e. The Morgan fingerprint density at radius 1 is 1.50 bits per heavy atom. The first kappa shape index (κ1) is 14.9. The molecule has 1 aliphatic rings. The highest BCUT2D eigenvalue weighted by molar-refractivity contribution is 5.78. The van der Waals surface area contributed by atoms with Crippen LogP contribution in [0.5, 0.6) is 0 Å². The summed E-state index contributed by atoms with van der Waals surface area (Å²) in [6.07, 6.45) is 0.0658. The largest absolute Gasteiger partial charge is 0.469 e. The van der Waals surface area contributed by atoms with Crippen molar-refractivity contribution in [1.29, 1.82) is 0 Å². The summed E-state index contributed by atoms with van der Waals surface area (Å²) in [4.78, 5) is 26.7. The number of esters is 1. The third-order valence-electron chi connectivity index (χ3n) is 3.10. The van der Waals surface area contributed by atoms with Crippen LogP contribution in [0.1, 0.15) is 13.3 Å². The molecule has 1 aliphatic heterocycles. The summed E-state index contributed by atoms with van der Waals surface area (Å²) >= 11 is 0. The Hall–Kier alpha value is -1.14. The van der Waals surface area contributed by atoms with Crippen LogP contribution in [0.4, 0.5) is 0 Å². The number of methoxy groups -OCH3 is 1. The maximum Gasteiger partial charge on any atom is 0.308 e. The summed E-state index contributed by atoms with van der Waals surface area (Å²) in [6, 6.07) is 0. The minimum absolute atomic E-state index is 0.0937. The van der Waals surface area contributed by atoms with Crippen LogP contribution in [0.25, 0.3) is 0 Å². The molecule has 18 heavy (non-hydrogen) atoms. The Kier molecular flexibility index (Phi) is 6.07. The van der Waals surface area contributed by atoms with Gasteiger partial charge in [-0.15, -0.1) is 0 Å². The van der Waals surface area contributed by atoms with E-state index in [9.17, 15) is 9.59 Å². The molecule has 1 saturated heterocycles. The molecule has 1 heterocycles. The molecule has 104 valence electrons. The van der Waals surface area contributed by atoms with E-state index in [1.807, 2.05) is 11.8 Å². The van der Waals surface area contributed by atoms with E-state index >= 15 is 0 Å². The number of morpholine rings is 1. The van der Waals surface area contributed by atoms with Gasteiger partial charge in [-0.1, -0.05) is 0 Å². The van der Waals surface area contributed by atoms with Crippen molar-refractivity contribution in [2.24, 2.45) is 0 Å². The molecule has 1 rings (SSSR count). The number of carbonyl (C=O) groups excluding carboxylic acids is 2. The Morgan fingerprint density at radius 3 is 2.83 bits per heavy atom. The van der Waals surface area contributed by atoms with Crippen molar-refractivity contribution in [2.75, 3.05) is 46.9 Å². The molecule has 0 saturated carbocycles. The third kappa shape index (κ3) is 4.62. The minimum Gasteiger partial charge on any atom is -0.469 e. The predicted molar refractivity (Wildman–Crippen MR) is 66.1 cm³/mol. The number of hydrogen-bond donors (Lipinski definition) is 0. The van der Waals surface area contributed by atoms with Crippen molar-refractivity contribution in [3.63, 3.8) is 0 Å². The van der Waals surface area contributed by atoms with Crippen molar-refractivity contribution < 1.29 is 19.1 Å². The second-order valence-corrected chi connectivity index (χ2v) is 4.42. The van der Waals surface area contributed by atoms with Crippen LogP contribution < -0.4 is 0 Å². The fourth-order valence-corrected chi connectivity index (χ4v) is 1.81. The van der Waals surface area contributed by atoms with E-state index in [-0.39, 0.29) is 24.4 Å². The molecule has 6 heteroatoms. The van der Waals surface area contributed by atoms with Crippen LogP contribution in [0, 0.1) is 0 Å². The van der Waals surface area contributed by atoms with E-state index < -0.39 is 0 Å². The fraction of sp³-hybridized carbons (Fsp3) is 0.833. The second-order valence-electron chi connectivity index (χ2n) is 4.42. The molecule has 1 amide bonds. The maximum absolute atomic E-state index is 11.8. The number of amides is 1. The molecule has 0 spiro atoms. The van der Waals surface area contributed by atoms with Gasteiger partial charge in [-0.25, -0.2) is 0 Å². The zero-order valence-electron chi connectivity index (χ0n) is 11.3. The molecule has 0 aromatic carbocycles. The summed E-state index contributed by atoms with van der Waals surface area (Å²) in [6.45, 7) is 4.89. The third-order valence-corrected chi connectivity index (χ3v) is 3.10. The van der Waals surface area contributed by atoms with Crippen molar-refractivity contribution in [3.05, 3.63) is 0 Å². The SMILES string of the molecule is CCN(C)C(=O)CN1CCOC(CC(=O)OC)C1. The molecule has 0 aliphatic carbocycles. The van der Waals surface area contributed by atoms with Crippen molar-refractivity contribution in [3.8, 4) is 0 Å². The van der Waals surface area contributed by atoms with Crippen LogP contribution in [0.3, 0.4) is 0 Å². The molecule has 0 radical (unpaired) electrons. The Morgan fingerprint density at radius 2 is 2.22 bits per heavy atom. The number of nitrogens with zero attached hydrogens (tertiary/aromatic N) is 2. The van der Waals surface area contributed by atoms with Gasteiger partial charge >= 0.3 is 5.97 Å². The number of carbonyl (C=O) groups is 2. The monoisotopic (exact) mass is 258 g/mol. The van der Waals surface area contributed by atoms with Gasteiger partial charge in [0, 0.05) is 26.7 Å². The van der Waals surface area contributed by atoms with Gasteiger partial charge in [0.1, 0.15) is 0 Å². The molecule has 0 N–H and O–H groups in total. The van der Waals surface area contributed by atoms with E-state index in [2.05, 4.69) is 4.74 Å². The zero-order chi connectivity index (χ0) is 13.5. The molecule has 1 fully saturated rings. The van der Waals surface area contributed by atoms with E-state index in [0.29, 0.717) is 26.2 Å². The standard InChI is InChI=1S/C12H22N2O4/c1-4-13(2)11(15)9-14-5-6-18-10(8-14)7-12(16)17-3/h10H,4-9H2,1-3H3. The van der Waals surface area contributed by atoms with E-state index in [1.54, 1.807) is 11.9 Å². The maximum atomic E-state index is 11.8. The normalized spacial score (nSPS) is 20.5. The number of likely N-dealkylation sites (N-methyl/N-ethyl adjacent to an activating group) is 1.